The van der Waals surface area contributed by atoms with Crippen LogP contribution in [0.3, 0.4) is 0 Å². The molecule has 3 aromatic carbocycles. The predicted octanol–water partition coefficient (Wildman–Crippen LogP) is 4.61. The third-order valence-corrected chi connectivity index (χ3v) is 7.15. The number of aromatic nitrogens is 2. The summed E-state index contributed by atoms with van der Waals surface area (Å²) in [5, 5.41) is 4.81. The number of hydrogen-bond acceptors (Lipinski definition) is 7. The van der Waals surface area contributed by atoms with Gasteiger partial charge in [0.25, 0.3) is 15.7 Å². The van der Waals surface area contributed by atoms with Gasteiger partial charge in [-0.3, -0.25) is 8.98 Å². The smallest absolute Gasteiger partial charge is 0.337 e. The molecule has 4 aromatic rings. The molecule has 37 heavy (non-hydrogen) atoms. The Morgan fingerprint density at radius 2 is 1.73 bits per heavy atom. The molecule has 0 aliphatic carbocycles. The Balaban J connectivity index is 1.58. The average Bonchev–Trinajstić information content (AvgIpc) is 2.89. The van der Waals surface area contributed by atoms with Crippen LogP contribution < -0.4 is 5.56 Å². The molecule has 10 heteroatoms. The molecule has 0 aliphatic heterocycles. The van der Waals surface area contributed by atoms with Gasteiger partial charge in [0.1, 0.15) is 0 Å². The van der Waals surface area contributed by atoms with E-state index >= 15 is 0 Å². The second kappa shape index (κ2) is 11.1. The average molecular weight is 539 g/mol. The fourth-order valence-corrected chi connectivity index (χ4v) is 4.68. The first kappa shape index (κ1) is 26.3. The van der Waals surface area contributed by atoms with Gasteiger partial charge in [0, 0.05) is 11.6 Å². The summed E-state index contributed by atoms with van der Waals surface area (Å²) in [5.41, 5.74) is 3.12. The summed E-state index contributed by atoms with van der Waals surface area (Å²) in [4.78, 5) is 24.4. The molecule has 0 amide bonds. The van der Waals surface area contributed by atoms with Gasteiger partial charge in [0.2, 0.25) is 0 Å². The van der Waals surface area contributed by atoms with Crippen LogP contribution in [0, 0.1) is 6.92 Å². The van der Waals surface area contributed by atoms with E-state index in [1.165, 1.54) is 30.0 Å². The molecule has 1 aromatic heterocycles. The van der Waals surface area contributed by atoms with E-state index in [4.69, 9.17) is 20.5 Å². The molecule has 0 aliphatic rings. The van der Waals surface area contributed by atoms with Crippen molar-refractivity contribution in [3.8, 4) is 11.3 Å². The highest BCUT2D eigenvalue weighted by Crippen LogP contribution is 2.28. The van der Waals surface area contributed by atoms with Crippen LogP contribution in [-0.2, 0) is 32.2 Å². The Morgan fingerprint density at radius 1 is 0.973 bits per heavy atom. The van der Waals surface area contributed by atoms with Crippen molar-refractivity contribution in [1.29, 1.82) is 0 Å². The summed E-state index contributed by atoms with van der Waals surface area (Å²) in [6.07, 6.45) is 0. The fraction of sp³-hybridized carbons (Fsp3) is 0.148. The molecular formula is C27H23ClN2O6S. The van der Waals surface area contributed by atoms with Gasteiger partial charge < -0.3 is 4.74 Å². The number of esters is 1. The first-order valence-corrected chi connectivity index (χ1v) is 13.0. The monoisotopic (exact) mass is 538 g/mol. The van der Waals surface area contributed by atoms with E-state index in [-0.39, 0.29) is 23.6 Å². The maximum Gasteiger partial charge on any atom is 0.337 e. The number of methoxy groups -OCH3 is 1. The Bertz CT molecular complexity index is 1610. The van der Waals surface area contributed by atoms with E-state index in [0.29, 0.717) is 33.0 Å². The van der Waals surface area contributed by atoms with E-state index in [2.05, 4.69) is 5.10 Å². The number of halogens is 1. The molecule has 0 radical (unpaired) electrons. The Kier molecular flexibility index (Phi) is 7.87. The standard InChI is InChI=1S/C27H23ClN2O6S/c1-18-6-9-22(10-7-18)37(33,34)36-17-20-8-11-24(28)23(15-20)25-12-13-26(31)30(29-25)16-19-4-3-5-21(14-19)27(32)35-2/h3-15H,16-17H2,1-2H3. The molecule has 0 saturated heterocycles. The van der Waals surface area contributed by atoms with E-state index in [1.807, 2.05) is 6.92 Å². The number of hydrogen-bond donors (Lipinski definition) is 0. The maximum absolute atomic E-state index is 12.6. The molecule has 4 rings (SSSR count). The maximum atomic E-state index is 12.6. The number of aryl methyl sites for hydroxylation is 1. The lowest BCUT2D eigenvalue weighted by Crippen LogP contribution is -2.23. The number of benzene rings is 3. The van der Waals surface area contributed by atoms with E-state index < -0.39 is 16.1 Å². The molecule has 0 atom stereocenters. The zero-order chi connectivity index (χ0) is 26.6. The van der Waals surface area contributed by atoms with Crippen molar-refractivity contribution in [1.82, 2.24) is 9.78 Å². The van der Waals surface area contributed by atoms with Gasteiger partial charge in [-0.2, -0.15) is 13.5 Å². The summed E-state index contributed by atoms with van der Waals surface area (Å²) < 4.78 is 36.4. The number of rotatable bonds is 8. The van der Waals surface area contributed by atoms with Gasteiger partial charge in [-0.05, 0) is 60.5 Å². The minimum absolute atomic E-state index is 0.0669. The van der Waals surface area contributed by atoms with Crippen LogP contribution in [0.15, 0.2) is 88.6 Å². The van der Waals surface area contributed by atoms with Crippen molar-refractivity contribution in [3.05, 3.63) is 116 Å². The zero-order valence-corrected chi connectivity index (χ0v) is 21.6. The number of nitrogens with zero attached hydrogens (tertiary/aromatic N) is 2. The highest BCUT2D eigenvalue weighted by atomic mass is 35.5. The zero-order valence-electron chi connectivity index (χ0n) is 20.0. The van der Waals surface area contributed by atoms with Gasteiger partial charge in [-0.15, -0.1) is 0 Å². The molecular weight excluding hydrogens is 516 g/mol. The van der Waals surface area contributed by atoms with Crippen molar-refractivity contribution in [3.63, 3.8) is 0 Å². The molecule has 8 nitrogen and oxygen atoms in total. The molecule has 0 spiro atoms. The number of carbonyl (C=O) groups excluding carboxylic acids is 1. The van der Waals surface area contributed by atoms with Gasteiger partial charge >= 0.3 is 5.97 Å². The number of carbonyl (C=O) groups is 1. The van der Waals surface area contributed by atoms with Crippen LogP contribution >= 0.6 is 11.6 Å². The summed E-state index contributed by atoms with van der Waals surface area (Å²) in [6.45, 7) is 1.77. The van der Waals surface area contributed by atoms with Gasteiger partial charge in [-0.1, -0.05) is 47.5 Å². The Hall–Kier alpha value is -3.79. The predicted molar refractivity (Wildman–Crippen MR) is 139 cm³/mol. The molecule has 0 fully saturated rings. The fourth-order valence-electron chi connectivity index (χ4n) is 3.57. The van der Waals surface area contributed by atoms with Crippen LogP contribution in [0.25, 0.3) is 11.3 Å². The van der Waals surface area contributed by atoms with Crippen LogP contribution in [0.4, 0.5) is 0 Å². The lowest BCUT2D eigenvalue weighted by Gasteiger charge is -2.11. The minimum Gasteiger partial charge on any atom is -0.465 e. The van der Waals surface area contributed by atoms with Crippen molar-refractivity contribution < 1.29 is 22.1 Å². The quantitative estimate of drug-likeness (QED) is 0.238. The van der Waals surface area contributed by atoms with Crippen LogP contribution in [0.5, 0.6) is 0 Å². The molecule has 190 valence electrons. The molecule has 1 heterocycles. The summed E-state index contributed by atoms with van der Waals surface area (Å²) in [5.74, 6) is -0.480. The summed E-state index contributed by atoms with van der Waals surface area (Å²) in [6, 6.07) is 20.9. The minimum atomic E-state index is -3.95. The summed E-state index contributed by atoms with van der Waals surface area (Å²) >= 11 is 6.42. The topological polar surface area (TPSA) is 105 Å². The Morgan fingerprint density at radius 3 is 2.46 bits per heavy atom. The third kappa shape index (κ3) is 6.32. The van der Waals surface area contributed by atoms with Crippen molar-refractivity contribution in [2.24, 2.45) is 0 Å². The highest BCUT2D eigenvalue weighted by Gasteiger charge is 2.16. The van der Waals surface area contributed by atoms with Crippen LogP contribution in [-0.4, -0.2) is 31.3 Å². The molecule has 0 saturated carbocycles. The second-order valence-corrected chi connectivity index (χ2v) is 10.3. The van der Waals surface area contributed by atoms with E-state index in [9.17, 15) is 18.0 Å². The SMILES string of the molecule is COC(=O)c1cccc(Cn2nc(-c3cc(COS(=O)(=O)c4ccc(C)cc4)ccc3Cl)ccc2=O)c1. The molecule has 0 N–H and O–H groups in total. The highest BCUT2D eigenvalue weighted by molar-refractivity contribution is 7.86. The Labute approximate surface area is 219 Å². The van der Waals surface area contributed by atoms with Gasteiger partial charge in [0.05, 0.1) is 41.4 Å². The third-order valence-electron chi connectivity index (χ3n) is 5.54. The van der Waals surface area contributed by atoms with Gasteiger partial charge in [0.15, 0.2) is 0 Å². The van der Waals surface area contributed by atoms with Crippen molar-refractivity contribution in [2.45, 2.75) is 25.0 Å². The normalized spacial score (nSPS) is 11.3. The lowest BCUT2D eigenvalue weighted by molar-refractivity contribution is 0.0600. The first-order chi connectivity index (χ1) is 17.7. The number of ether oxygens (including phenoxy) is 1. The van der Waals surface area contributed by atoms with Crippen molar-refractivity contribution >= 4 is 27.7 Å². The van der Waals surface area contributed by atoms with E-state index in [0.717, 1.165) is 5.56 Å². The van der Waals surface area contributed by atoms with Gasteiger partial charge in [-0.25, -0.2) is 9.48 Å². The van der Waals surface area contributed by atoms with Crippen molar-refractivity contribution in [2.75, 3.05) is 7.11 Å². The largest absolute Gasteiger partial charge is 0.465 e. The molecule has 0 bridgehead atoms. The molecule has 0 unspecified atom stereocenters. The van der Waals surface area contributed by atoms with Crippen LogP contribution in [0.2, 0.25) is 5.02 Å². The first-order valence-electron chi connectivity index (χ1n) is 11.2. The second-order valence-electron chi connectivity index (χ2n) is 8.25. The van der Waals surface area contributed by atoms with Crippen LogP contribution in [0.1, 0.15) is 27.0 Å². The van der Waals surface area contributed by atoms with E-state index in [1.54, 1.807) is 60.7 Å². The summed E-state index contributed by atoms with van der Waals surface area (Å²) in [7, 11) is -2.65. The lowest BCUT2D eigenvalue weighted by atomic mass is 10.1.